The number of ether oxygens (including phenoxy) is 2. The summed E-state index contributed by atoms with van der Waals surface area (Å²) in [6.07, 6.45) is -5.40. The van der Waals surface area contributed by atoms with Gasteiger partial charge < -0.3 is 35.0 Å². The van der Waals surface area contributed by atoms with Crippen molar-refractivity contribution in [2.45, 2.75) is 50.5 Å². The number of benzene rings is 2. The summed E-state index contributed by atoms with van der Waals surface area (Å²) in [5.74, 6) is 0.258. The highest BCUT2D eigenvalue weighted by atomic mass is 16.7. The van der Waals surface area contributed by atoms with Gasteiger partial charge in [0, 0.05) is 12.5 Å². The van der Waals surface area contributed by atoms with E-state index in [9.17, 15) is 25.5 Å². The molecule has 1 saturated heterocycles. The second kappa shape index (κ2) is 8.89. The molecule has 0 amide bonds. The third-order valence-electron chi connectivity index (χ3n) is 4.97. The molecule has 1 aliphatic heterocycles. The molecule has 5 N–H and O–H groups in total. The number of rotatable bonds is 6. The van der Waals surface area contributed by atoms with Crippen LogP contribution in [0.4, 0.5) is 0 Å². The van der Waals surface area contributed by atoms with Crippen molar-refractivity contribution in [2.75, 3.05) is 6.61 Å². The van der Waals surface area contributed by atoms with E-state index in [0.717, 1.165) is 17.5 Å². The molecule has 1 heterocycles. The number of aryl methyl sites for hydroxylation is 1. The molecule has 2 aromatic rings. The Bertz CT molecular complexity index is 775. The lowest BCUT2D eigenvalue weighted by atomic mass is 9.99. The molecule has 0 bridgehead atoms. The molecule has 0 radical (unpaired) electrons. The van der Waals surface area contributed by atoms with Crippen LogP contribution in [0.15, 0.2) is 42.5 Å². The average molecular weight is 390 g/mol. The molecule has 3 rings (SSSR count). The van der Waals surface area contributed by atoms with Gasteiger partial charge in [-0.05, 0) is 29.2 Å². The zero-order valence-corrected chi connectivity index (χ0v) is 15.6. The summed E-state index contributed by atoms with van der Waals surface area (Å²) in [4.78, 5) is 0. The van der Waals surface area contributed by atoms with Crippen molar-refractivity contribution in [2.24, 2.45) is 0 Å². The van der Waals surface area contributed by atoms with Gasteiger partial charge in [-0.15, -0.1) is 0 Å². The molecule has 1 aliphatic rings. The Labute approximate surface area is 163 Å². The molecule has 0 spiro atoms. The van der Waals surface area contributed by atoms with Gasteiger partial charge in [-0.2, -0.15) is 0 Å². The quantitative estimate of drug-likeness (QED) is 0.493. The number of hydrogen-bond acceptors (Lipinski definition) is 7. The Hall–Kier alpha value is -2.16. The predicted molar refractivity (Wildman–Crippen MR) is 101 cm³/mol. The second-order valence-corrected chi connectivity index (χ2v) is 6.95. The Morgan fingerprint density at radius 3 is 2.25 bits per heavy atom. The first-order chi connectivity index (χ1) is 13.4. The minimum absolute atomic E-state index is 0.0235. The van der Waals surface area contributed by atoms with Crippen LogP contribution in [0.2, 0.25) is 0 Å². The van der Waals surface area contributed by atoms with Crippen molar-refractivity contribution in [3.63, 3.8) is 0 Å². The third kappa shape index (κ3) is 4.45. The van der Waals surface area contributed by atoms with Crippen LogP contribution in [0.1, 0.15) is 23.6 Å². The Morgan fingerprint density at radius 1 is 0.929 bits per heavy atom. The molecule has 28 heavy (non-hydrogen) atoms. The molecule has 0 aliphatic carbocycles. The molecule has 152 valence electrons. The average Bonchev–Trinajstić information content (AvgIpc) is 2.71. The number of phenols is 1. The maximum atomic E-state index is 10.2. The van der Waals surface area contributed by atoms with Gasteiger partial charge in [0.25, 0.3) is 0 Å². The van der Waals surface area contributed by atoms with Crippen molar-refractivity contribution in [3.8, 4) is 11.5 Å². The minimum Gasteiger partial charge on any atom is -0.508 e. The van der Waals surface area contributed by atoms with Crippen LogP contribution in [0.3, 0.4) is 0 Å². The van der Waals surface area contributed by atoms with Gasteiger partial charge in [-0.1, -0.05) is 37.3 Å². The van der Waals surface area contributed by atoms with E-state index in [2.05, 4.69) is 6.92 Å². The SMILES string of the molecule is CCc1ccc(Cc2ccc(O)cc2O[C@H]2O[C@H](CO)[C@@H](O)[C@H](O)[C@H]2O)cc1. The van der Waals surface area contributed by atoms with Crippen LogP contribution >= 0.6 is 0 Å². The summed E-state index contributed by atoms with van der Waals surface area (Å²) in [5.41, 5.74) is 3.02. The summed E-state index contributed by atoms with van der Waals surface area (Å²) >= 11 is 0. The lowest BCUT2D eigenvalue weighted by Gasteiger charge is -2.39. The van der Waals surface area contributed by atoms with Gasteiger partial charge in [0.2, 0.25) is 6.29 Å². The molecular formula is C21H26O7. The first-order valence-corrected chi connectivity index (χ1v) is 9.29. The van der Waals surface area contributed by atoms with E-state index >= 15 is 0 Å². The van der Waals surface area contributed by atoms with E-state index in [1.165, 1.54) is 17.7 Å². The molecular weight excluding hydrogens is 364 g/mol. The maximum Gasteiger partial charge on any atom is 0.229 e. The van der Waals surface area contributed by atoms with Gasteiger partial charge in [0.15, 0.2) is 0 Å². The van der Waals surface area contributed by atoms with E-state index < -0.39 is 37.3 Å². The number of phenolic OH excluding ortho intramolecular Hbond substituents is 1. The van der Waals surface area contributed by atoms with Gasteiger partial charge in [0.1, 0.15) is 35.9 Å². The van der Waals surface area contributed by atoms with Crippen LogP contribution in [-0.2, 0) is 17.6 Å². The minimum atomic E-state index is -1.53. The van der Waals surface area contributed by atoms with Gasteiger partial charge in [-0.3, -0.25) is 0 Å². The van der Waals surface area contributed by atoms with Gasteiger partial charge in [-0.25, -0.2) is 0 Å². The van der Waals surface area contributed by atoms with Crippen LogP contribution in [0.25, 0.3) is 0 Å². The van der Waals surface area contributed by atoms with Gasteiger partial charge >= 0.3 is 0 Å². The molecule has 2 aromatic carbocycles. The van der Waals surface area contributed by atoms with Crippen LogP contribution in [0.5, 0.6) is 11.5 Å². The molecule has 7 heteroatoms. The first-order valence-electron chi connectivity index (χ1n) is 9.29. The van der Waals surface area contributed by atoms with Crippen molar-refractivity contribution < 1.29 is 35.0 Å². The Kier molecular flexibility index (Phi) is 6.53. The normalized spacial score (nSPS) is 27.5. The highest BCUT2D eigenvalue weighted by molar-refractivity contribution is 5.43. The third-order valence-corrected chi connectivity index (χ3v) is 4.97. The first kappa shape index (κ1) is 20.6. The second-order valence-electron chi connectivity index (χ2n) is 6.95. The summed E-state index contributed by atoms with van der Waals surface area (Å²) in [7, 11) is 0. The lowest BCUT2D eigenvalue weighted by molar-refractivity contribution is -0.277. The number of hydrogen-bond donors (Lipinski definition) is 5. The summed E-state index contributed by atoms with van der Waals surface area (Å²) in [6, 6.07) is 12.8. The fourth-order valence-electron chi connectivity index (χ4n) is 3.20. The largest absolute Gasteiger partial charge is 0.508 e. The van der Waals surface area contributed by atoms with Crippen LogP contribution < -0.4 is 4.74 Å². The molecule has 0 saturated carbocycles. The van der Waals surface area contributed by atoms with Crippen molar-refractivity contribution in [1.82, 2.24) is 0 Å². The van der Waals surface area contributed by atoms with Crippen LogP contribution in [-0.4, -0.2) is 62.8 Å². The van der Waals surface area contributed by atoms with Crippen molar-refractivity contribution in [1.29, 1.82) is 0 Å². The summed E-state index contributed by atoms with van der Waals surface area (Å²) < 4.78 is 11.1. The van der Waals surface area contributed by atoms with Gasteiger partial charge in [0.05, 0.1) is 6.61 Å². The predicted octanol–water partition coefficient (Wildman–Crippen LogP) is 0.724. The van der Waals surface area contributed by atoms with Crippen molar-refractivity contribution in [3.05, 3.63) is 59.2 Å². The number of aromatic hydroxyl groups is 1. The molecule has 1 fully saturated rings. The molecule has 7 nitrogen and oxygen atoms in total. The van der Waals surface area contributed by atoms with Crippen LogP contribution in [0, 0.1) is 0 Å². The lowest BCUT2D eigenvalue weighted by Crippen LogP contribution is -2.60. The fourth-order valence-corrected chi connectivity index (χ4v) is 3.20. The number of aliphatic hydroxyl groups is 4. The maximum absolute atomic E-state index is 10.2. The van der Waals surface area contributed by atoms with E-state index in [-0.39, 0.29) is 11.5 Å². The Balaban J connectivity index is 1.82. The van der Waals surface area contributed by atoms with E-state index in [4.69, 9.17) is 9.47 Å². The topological polar surface area (TPSA) is 120 Å². The Morgan fingerprint density at radius 2 is 1.61 bits per heavy atom. The van der Waals surface area contributed by atoms with E-state index in [0.29, 0.717) is 6.42 Å². The number of aliphatic hydroxyl groups excluding tert-OH is 4. The smallest absolute Gasteiger partial charge is 0.229 e. The summed E-state index contributed by atoms with van der Waals surface area (Å²) in [6.45, 7) is 1.54. The highest BCUT2D eigenvalue weighted by Gasteiger charge is 2.44. The molecule has 5 atom stereocenters. The van der Waals surface area contributed by atoms with E-state index in [1.54, 1.807) is 6.07 Å². The molecule has 0 unspecified atom stereocenters. The van der Waals surface area contributed by atoms with E-state index in [1.807, 2.05) is 24.3 Å². The highest BCUT2D eigenvalue weighted by Crippen LogP contribution is 2.30. The summed E-state index contributed by atoms with van der Waals surface area (Å²) in [5, 5.41) is 49.2. The zero-order valence-electron chi connectivity index (χ0n) is 15.6. The van der Waals surface area contributed by atoms with Crippen molar-refractivity contribution >= 4 is 0 Å². The molecule has 0 aromatic heterocycles. The standard InChI is InChI=1S/C21H26O7/c1-2-12-3-5-13(6-4-12)9-14-7-8-15(23)10-16(14)27-21-20(26)19(25)18(24)17(11-22)28-21/h3-8,10,17-26H,2,9,11H2,1H3/t17-,18-,19+,20-,21+/m1/s1. The fraction of sp³-hybridized carbons (Fsp3) is 0.429. The zero-order chi connectivity index (χ0) is 20.3. The monoisotopic (exact) mass is 390 g/mol.